The van der Waals surface area contributed by atoms with E-state index in [0.29, 0.717) is 53.4 Å². The number of nitrogens with zero attached hydrogens (tertiary/aromatic N) is 1. The van der Waals surface area contributed by atoms with Gasteiger partial charge in [0.1, 0.15) is 11.3 Å². The quantitative estimate of drug-likeness (QED) is 0.310. The Hall–Kier alpha value is -2.92. The number of hydrogen-bond donors (Lipinski definition) is 2. The first-order valence-electron chi connectivity index (χ1n) is 9.29. The Morgan fingerprint density at radius 1 is 1.30 bits per heavy atom. The van der Waals surface area contributed by atoms with Crippen molar-refractivity contribution in [1.29, 1.82) is 10.7 Å². The molecule has 0 unspecified atom stereocenters. The fourth-order valence-electron chi connectivity index (χ4n) is 2.83. The number of nitriles is 1. The summed E-state index contributed by atoms with van der Waals surface area (Å²) in [5.74, 6) is 0.0381. The van der Waals surface area contributed by atoms with E-state index in [-0.39, 0.29) is 12.4 Å². The first kappa shape index (κ1) is 23.4. The standard InChI is InChI=1S/C21H21ClF3N3O2/c1-2-4-14-18(8-6-15(19(14)29)20(27)21(23,24)25)30-10-3-9-28-17-7-5-13(12-26)11-16(17)22/h5-8,11,27-29H,2-4,9-10H2,1H3/p+1. The van der Waals surface area contributed by atoms with E-state index < -0.39 is 17.5 Å². The van der Waals surface area contributed by atoms with Crippen molar-refractivity contribution in [2.45, 2.75) is 32.4 Å². The number of ether oxygens (including phenoxy) is 1. The first-order valence-corrected chi connectivity index (χ1v) is 9.66. The van der Waals surface area contributed by atoms with E-state index in [0.717, 1.165) is 6.07 Å². The van der Waals surface area contributed by atoms with E-state index in [1.807, 2.05) is 13.0 Å². The average molecular weight is 441 g/mol. The van der Waals surface area contributed by atoms with Crippen LogP contribution in [0.1, 0.15) is 36.5 Å². The summed E-state index contributed by atoms with van der Waals surface area (Å²) in [5, 5.41) is 27.8. The highest BCUT2D eigenvalue weighted by Gasteiger charge is 2.38. The monoisotopic (exact) mass is 440 g/mol. The van der Waals surface area contributed by atoms with E-state index in [4.69, 9.17) is 32.1 Å². The minimum Gasteiger partial charge on any atom is -0.593 e. The van der Waals surface area contributed by atoms with Crippen molar-refractivity contribution in [1.82, 2.24) is 0 Å². The molecule has 0 saturated carbocycles. The molecular weight excluding hydrogens is 419 g/mol. The Morgan fingerprint density at radius 3 is 2.63 bits per heavy atom. The molecule has 0 aromatic heterocycles. The van der Waals surface area contributed by atoms with Gasteiger partial charge in [0.15, 0.2) is 5.71 Å². The molecule has 0 saturated heterocycles. The number of rotatable bonds is 9. The summed E-state index contributed by atoms with van der Waals surface area (Å²) in [6, 6.07) is 9.43. The van der Waals surface area contributed by atoms with Crippen molar-refractivity contribution in [3.05, 3.63) is 52.0 Å². The van der Waals surface area contributed by atoms with E-state index in [2.05, 4.69) is 5.32 Å². The zero-order valence-electron chi connectivity index (χ0n) is 16.3. The predicted octanol–water partition coefficient (Wildman–Crippen LogP) is 5.41. The van der Waals surface area contributed by atoms with Crippen LogP contribution >= 0.6 is 11.6 Å². The third kappa shape index (κ3) is 5.80. The van der Waals surface area contributed by atoms with Crippen LogP contribution in [0.4, 0.5) is 18.9 Å². The van der Waals surface area contributed by atoms with Gasteiger partial charge in [-0.15, -0.1) is 0 Å². The molecular formula is C21H22ClF3N3O2+. The summed E-state index contributed by atoms with van der Waals surface area (Å²) >= 11 is 6.10. The minimum atomic E-state index is -4.81. The Labute approximate surface area is 177 Å². The molecule has 0 radical (unpaired) electrons. The molecule has 0 amide bonds. The molecule has 9 heteroatoms. The number of halogens is 4. The molecule has 30 heavy (non-hydrogen) atoms. The summed E-state index contributed by atoms with van der Waals surface area (Å²) in [5.41, 5.74) is -0.459. The van der Waals surface area contributed by atoms with Crippen LogP contribution < -0.4 is 10.1 Å². The van der Waals surface area contributed by atoms with Gasteiger partial charge in [-0.3, -0.25) is 5.41 Å². The third-order valence-corrected chi connectivity index (χ3v) is 4.63. The number of nitrogens with one attached hydrogen (secondary N) is 2. The Balaban J connectivity index is 2.00. The van der Waals surface area contributed by atoms with Gasteiger partial charge in [-0.1, -0.05) is 24.9 Å². The lowest BCUT2D eigenvalue weighted by Crippen LogP contribution is -2.23. The average Bonchev–Trinajstić information content (AvgIpc) is 2.70. The summed E-state index contributed by atoms with van der Waals surface area (Å²) in [6.07, 6.45) is -3.22. The molecule has 4 N–H and O–H groups in total. The van der Waals surface area contributed by atoms with Crippen LogP contribution in [0, 0.1) is 16.7 Å². The van der Waals surface area contributed by atoms with Gasteiger partial charge in [0.25, 0.3) is 5.75 Å². The molecule has 0 spiro atoms. The van der Waals surface area contributed by atoms with Crippen LogP contribution in [0.5, 0.6) is 11.5 Å². The summed E-state index contributed by atoms with van der Waals surface area (Å²) in [7, 11) is 0. The highest BCUT2D eigenvalue weighted by molar-refractivity contribution is 6.33. The van der Waals surface area contributed by atoms with Crippen molar-refractivity contribution in [2.24, 2.45) is 0 Å². The van der Waals surface area contributed by atoms with E-state index in [1.165, 1.54) is 6.07 Å². The largest absolute Gasteiger partial charge is 0.593 e. The van der Waals surface area contributed by atoms with Crippen molar-refractivity contribution in [2.75, 3.05) is 18.5 Å². The van der Waals surface area contributed by atoms with Crippen LogP contribution in [0.25, 0.3) is 0 Å². The normalized spacial score (nSPS) is 11.1. The molecule has 0 fully saturated rings. The SMILES string of the molecule is CCCc1c(OCCCNc2ccc(C#N)cc2Cl)ccc(C(=N)C(F)(F)F)c1[OH2+]. The van der Waals surface area contributed by atoms with Gasteiger partial charge in [0.2, 0.25) is 0 Å². The van der Waals surface area contributed by atoms with Crippen molar-refractivity contribution < 1.29 is 23.0 Å². The Kier molecular flexibility index (Phi) is 7.95. The van der Waals surface area contributed by atoms with Crippen molar-refractivity contribution in [3.63, 3.8) is 0 Å². The maximum Gasteiger partial charge on any atom is 0.433 e. The second-order valence-electron chi connectivity index (χ2n) is 6.52. The van der Waals surface area contributed by atoms with Crippen molar-refractivity contribution >= 4 is 23.0 Å². The summed E-state index contributed by atoms with van der Waals surface area (Å²) in [4.78, 5) is 0. The third-order valence-electron chi connectivity index (χ3n) is 4.32. The fourth-order valence-corrected chi connectivity index (χ4v) is 3.08. The smallest absolute Gasteiger partial charge is 0.433 e. The molecule has 2 rings (SSSR count). The highest BCUT2D eigenvalue weighted by Crippen LogP contribution is 2.36. The predicted molar refractivity (Wildman–Crippen MR) is 111 cm³/mol. The topological polar surface area (TPSA) is 91.8 Å². The Morgan fingerprint density at radius 2 is 2.03 bits per heavy atom. The maximum absolute atomic E-state index is 12.9. The van der Waals surface area contributed by atoms with Gasteiger partial charge >= 0.3 is 6.18 Å². The van der Waals surface area contributed by atoms with Gasteiger partial charge in [0, 0.05) is 6.54 Å². The summed E-state index contributed by atoms with van der Waals surface area (Å²) < 4.78 is 44.3. The molecule has 160 valence electrons. The van der Waals surface area contributed by atoms with E-state index >= 15 is 0 Å². The van der Waals surface area contributed by atoms with Crippen LogP contribution in [0.15, 0.2) is 30.3 Å². The van der Waals surface area contributed by atoms with Crippen LogP contribution in [0.2, 0.25) is 5.02 Å². The van der Waals surface area contributed by atoms with E-state index in [1.54, 1.807) is 18.2 Å². The zero-order valence-corrected chi connectivity index (χ0v) is 17.0. The number of alkyl halides is 3. The van der Waals surface area contributed by atoms with Gasteiger partial charge in [-0.25, -0.2) is 0 Å². The molecule has 5 nitrogen and oxygen atoms in total. The van der Waals surface area contributed by atoms with Gasteiger partial charge in [-0.2, -0.15) is 18.4 Å². The molecule has 2 aromatic rings. The second-order valence-corrected chi connectivity index (χ2v) is 6.93. The minimum absolute atomic E-state index is 0.285. The van der Waals surface area contributed by atoms with Crippen LogP contribution in [-0.4, -0.2) is 30.1 Å². The molecule has 0 aliphatic carbocycles. The molecule has 2 aromatic carbocycles. The lowest BCUT2D eigenvalue weighted by molar-refractivity contribution is -0.0588. The molecule has 0 aliphatic rings. The fraction of sp³-hybridized carbons (Fsp3) is 0.333. The zero-order chi connectivity index (χ0) is 22.3. The number of benzene rings is 2. The molecule has 0 aliphatic heterocycles. The molecule has 0 atom stereocenters. The number of anilines is 1. The lowest BCUT2D eigenvalue weighted by atomic mass is 10.00. The van der Waals surface area contributed by atoms with Gasteiger partial charge < -0.3 is 15.2 Å². The molecule has 0 heterocycles. The van der Waals surface area contributed by atoms with Crippen molar-refractivity contribution in [3.8, 4) is 17.6 Å². The highest BCUT2D eigenvalue weighted by atomic mass is 35.5. The van der Waals surface area contributed by atoms with Gasteiger partial charge in [0.05, 0.1) is 34.5 Å². The van der Waals surface area contributed by atoms with Crippen LogP contribution in [0.3, 0.4) is 0 Å². The van der Waals surface area contributed by atoms with Crippen LogP contribution in [-0.2, 0) is 6.42 Å². The summed E-state index contributed by atoms with van der Waals surface area (Å²) in [6.45, 7) is 2.67. The maximum atomic E-state index is 12.9. The first-order chi connectivity index (χ1) is 14.2. The lowest BCUT2D eigenvalue weighted by Gasteiger charge is -2.15. The Bertz CT molecular complexity index is 956. The number of hydrogen-bond acceptors (Lipinski definition) is 4. The van der Waals surface area contributed by atoms with Gasteiger partial charge in [-0.05, 0) is 43.2 Å². The molecule has 0 bridgehead atoms. The second kappa shape index (κ2) is 10.2. The van der Waals surface area contributed by atoms with E-state index in [9.17, 15) is 13.2 Å².